The molecule has 0 aliphatic carbocycles. The van der Waals surface area contributed by atoms with Crippen LogP contribution in [-0.4, -0.2) is 29.7 Å². The van der Waals surface area contributed by atoms with Gasteiger partial charge in [-0.05, 0) is 6.92 Å². The molecule has 0 aromatic rings. The van der Waals surface area contributed by atoms with Gasteiger partial charge in [0.05, 0.1) is 12.7 Å². The molecule has 0 spiro atoms. The summed E-state index contributed by atoms with van der Waals surface area (Å²) < 4.78 is 10.8. The molecule has 3 unspecified atom stereocenters. The summed E-state index contributed by atoms with van der Waals surface area (Å²) in [7, 11) is 0. The summed E-state index contributed by atoms with van der Waals surface area (Å²) in [6.45, 7) is 6.20. The number of ether oxygens (including phenoxy) is 2. The van der Waals surface area contributed by atoms with E-state index < -0.39 is 11.9 Å². The minimum atomic E-state index is -0.720. The summed E-state index contributed by atoms with van der Waals surface area (Å²) in [5.74, 6) is -0.720. The van der Waals surface area contributed by atoms with Gasteiger partial charge in [-0.2, -0.15) is 0 Å². The molecule has 2 rings (SSSR count). The van der Waals surface area contributed by atoms with E-state index in [9.17, 15) is 5.11 Å². The normalized spacial score (nSPS) is 49.8. The zero-order valence-electron chi connectivity index (χ0n) is 6.54. The Morgan fingerprint density at radius 3 is 3.00 bits per heavy atom. The first-order chi connectivity index (χ1) is 5.13. The monoisotopic (exact) mass is 156 g/mol. The fourth-order valence-electron chi connectivity index (χ4n) is 1.64. The molecule has 2 saturated heterocycles. The standard InChI is InChI=1S/C8H12O3/c1-5-7(9)6-3-4-10-8(5,2)11-6/h6-7,9H,1,3-4H2,2H3. The zero-order valence-corrected chi connectivity index (χ0v) is 6.54. The Kier molecular flexibility index (Phi) is 1.36. The van der Waals surface area contributed by atoms with E-state index in [1.54, 1.807) is 6.92 Å². The van der Waals surface area contributed by atoms with Crippen LogP contribution in [0.1, 0.15) is 13.3 Å². The summed E-state index contributed by atoms with van der Waals surface area (Å²) >= 11 is 0. The lowest BCUT2D eigenvalue weighted by Crippen LogP contribution is -2.35. The van der Waals surface area contributed by atoms with Crippen molar-refractivity contribution in [2.24, 2.45) is 0 Å². The van der Waals surface area contributed by atoms with Gasteiger partial charge in [0, 0.05) is 12.0 Å². The number of hydrogen-bond donors (Lipinski definition) is 1. The first-order valence-corrected chi connectivity index (χ1v) is 3.82. The van der Waals surface area contributed by atoms with Crippen molar-refractivity contribution < 1.29 is 14.6 Å². The third-order valence-corrected chi connectivity index (χ3v) is 2.45. The van der Waals surface area contributed by atoms with Crippen LogP contribution < -0.4 is 0 Å². The van der Waals surface area contributed by atoms with Gasteiger partial charge in [0.1, 0.15) is 6.10 Å². The summed E-state index contributed by atoms with van der Waals surface area (Å²) in [6, 6.07) is 0. The predicted octanol–water partition coefficient (Wildman–Crippen LogP) is 0.439. The van der Waals surface area contributed by atoms with Gasteiger partial charge in [-0.15, -0.1) is 0 Å². The van der Waals surface area contributed by atoms with Crippen molar-refractivity contribution in [1.29, 1.82) is 0 Å². The second kappa shape index (κ2) is 2.06. The SMILES string of the molecule is C=C1C(O)C2CCOC1(C)O2. The molecule has 62 valence electrons. The quantitative estimate of drug-likeness (QED) is 0.517. The number of aliphatic hydroxyl groups excluding tert-OH is 1. The fraction of sp³-hybridized carbons (Fsp3) is 0.750. The molecule has 2 fully saturated rings. The highest BCUT2D eigenvalue weighted by Gasteiger charge is 2.49. The van der Waals surface area contributed by atoms with Gasteiger partial charge in [0.25, 0.3) is 0 Å². The average molecular weight is 156 g/mol. The largest absolute Gasteiger partial charge is 0.386 e. The van der Waals surface area contributed by atoms with E-state index in [2.05, 4.69) is 6.58 Å². The lowest BCUT2D eigenvalue weighted by Gasteiger charge is -2.29. The van der Waals surface area contributed by atoms with Crippen molar-refractivity contribution in [2.45, 2.75) is 31.3 Å². The van der Waals surface area contributed by atoms with Crippen LogP contribution in [0.5, 0.6) is 0 Å². The van der Waals surface area contributed by atoms with Crippen LogP contribution in [0, 0.1) is 0 Å². The fourth-order valence-corrected chi connectivity index (χ4v) is 1.64. The molecule has 3 heteroatoms. The van der Waals surface area contributed by atoms with Gasteiger partial charge in [-0.3, -0.25) is 0 Å². The molecule has 0 saturated carbocycles. The van der Waals surface area contributed by atoms with E-state index in [1.165, 1.54) is 0 Å². The van der Waals surface area contributed by atoms with Crippen LogP contribution in [0.2, 0.25) is 0 Å². The summed E-state index contributed by atoms with van der Waals surface area (Å²) in [5.41, 5.74) is 0.653. The number of aliphatic hydroxyl groups is 1. The molecule has 2 aliphatic rings. The Labute approximate surface area is 65.6 Å². The highest BCUT2D eigenvalue weighted by Crippen LogP contribution is 2.40. The molecule has 2 bridgehead atoms. The predicted molar refractivity (Wildman–Crippen MR) is 39.0 cm³/mol. The van der Waals surface area contributed by atoms with E-state index in [0.717, 1.165) is 6.42 Å². The van der Waals surface area contributed by atoms with Gasteiger partial charge < -0.3 is 14.6 Å². The van der Waals surface area contributed by atoms with Crippen molar-refractivity contribution >= 4 is 0 Å². The van der Waals surface area contributed by atoms with Crippen molar-refractivity contribution in [3.05, 3.63) is 12.2 Å². The van der Waals surface area contributed by atoms with Crippen LogP contribution in [-0.2, 0) is 9.47 Å². The van der Waals surface area contributed by atoms with Crippen LogP contribution in [0.15, 0.2) is 12.2 Å². The summed E-state index contributed by atoms with van der Waals surface area (Å²) in [4.78, 5) is 0. The molecular weight excluding hydrogens is 144 g/mol. The van der Waals surface area contributed by atoms with Crippen molar-refractivity contribution in [3.63, 3.8) is 0 Å². The summed E-state index contributed by atoms with van der Waals surface area (Å²) in [6.07, 6.45) is 0.124. The molecule has 2 heterocycles. The molecule has 11 heavy (non-hydrogen) atoms. The number of hydrogen-bond acceptors (Lipinski definition) is 3. The zero-order chi connectivity index (χ0) is 8.06. The van der Waals surface area contributed by atoms with Crippen molar-refractivity contribution in [1.82, 2.24) is 0 Å². The molecule has 3 atom stereocenters. The lowest BCUT2D eigenvalue weighted by molar-refractivity contribution is -0.235. The van der Waals surface area contributed by atoms with Crippen LogP contribution in [0.4, 0.5) is 0 Å². The van der Waals surface area contributed by atoms with Gasteiger partial charge in [-0.1, -0.05) is 6.58 Å². The Balaban J connectivity index is 2.31. The topological polar surface area (TPSA) is 38.7 Å². The smallest absolute Gasteiger partial charge is 0.190 e. The van der Waals surface area contributed by atoms with Crippen molar-refractivity contribution in [3.8, 4) is 0 Å². The van der Waals surface area contributed by atoms with Gasteiger partial charge in [0.2, 0.25) is 0 Å². The lowest BCUT2D eigenvalue weighted by atomic mass is 10.0. The van der Waals surface area contributed by atoms with Crippen LogP contribution in [0.3, 0.4) is 0 Å². The minimum absolute atomic E-state index is 0.0961. The van der Waals surface area contributed by atoms with E-state index >= 15 is 0 Å². The second-order valence-electron chi connectivity index (χ2n) is 3.21. The number of fused-ring (bicyclic) bond motifs is 2. The molecule has 0 radical (unpaired) electrons. The van der Waals surface area contributed by atoms with Gasteiger partial charge >= 0.3 is 0 Å². The highest BCUT2D eigenvalue weighted by molar-refractivity contribution is 5.20. The third kappa shape index (κ3) is 0.851. The van der Waals surface area contributed by atoms with E-state index in [1.807, 2.05) is 0 Å². The van der Waals surface area contributed by atoms with Gasteiger partial charge in [-0.25, -0.2) is 0 Å². The van der Waals surface area contributed by atoms with E-state index in [-0.39, 0.29) is 6.10 Å². The molecule has 0 amide bonds. The first-order valence-electron chi connectivity index (χ1n) is 3.82. The molecule has 3 nitrogen and oxygen atoms in total. The maximum absolute atomic E-state index is 9.53. The third-order valence-electron chi connectivity index (χ3n) is 2.45. The maximum atomic E-state index is 9.53. The molecule has 0 aromatic carbocycles. The van der Waals surface area contributed by atoms with E-state index in [4.69, 9.17) is 9.47 Å². The first kappa shape index (κ1) is 7.28. The Morgan fingerprint density at radius 1 is 1.73 bits per heavy atom. The Morgan fingerprint density at radius 2 is 2.45 bits per heavy atom. The maximum Gasteiger partial charge on any atom is 0.190 e. The van der Waals surface area contributed by atoms with Gasteiger partial charge in [0.15, 0.2) is 5.79 Å². The number of rotatable bonds is 0. The molecule has 2 aliphatic heterocycles. The molecule has 0 aromatic heterocycles. The highest BCUT2D eigenvalue weighted by atomic mass is 16.7. The average Bonchev–Trinajstić information content (AvgIpc) is 2.13. The van der Waals surface area contributed by atoms with Crippen molar-refractivity contribution in [2.75, 3.05) is 6.61 Å². The molecule has 1 N–H and O–H groups in total. The molecular formula is C8H12O3. The van der Waals surface area contributed by atoms with Crippen LogP contribution in [0.25, 0.3) is 0 Å². The Hall–Kier alpha value is -0.380. The Bertz CT molecular complexity index is 202. The minimum Gasteiger partial charge on any atom is -0.386 e. The van der Waals surface area contributed by atoms with E-state index in [0.29, 0.717) is 12.2 Å². The van der Waals surface area contributed by atoms with Crippen LogP contribution >= 0.6 is 0 Å². The second-order valence-corrected chi connectivity index (χ2v) is 3.21. The summed E-state index contributed by atoms with van der Waals surface area (Å²) in [5, 5.41) is 9.53.